The molecule has 1 aromatic rings. The summed E-state index contributed by atoms with van der Waals surface area (Å²) in [5.41, 5.74) is 5.75. The lowest BCUT2D eigenvalue weighted by Gasteiger charge is -2.17. The number of aromatic nitrogens is 1. The molecule has 1 atom stereocenters. The van der Waals surface area contributed by atoms with Crippen LogP contribution in [0.2, 0.25) is 0 Å². The molecule has 92 valence electrons. The van der Waals surface area contributed by atoms with Gasteiger partial charge in [-0.05, 0) is 38.3 Å². The highest BCUT2D eigenvalue weighted by Gasteiger charge is 2.08. The van der Waals surface area contributed by atoms with Gasteiger partial charge in [0.1, 0.15) is 0 Å². The summed E-state index contributed by atoms with van der Waals surface area (Å²) < 4.78 is 0. The van der Waals surface area contributed by atoms with Crippen LogP contribution in [0.25, 0.3) is 0 Å². The Bertz CT molecular complexity index is 296. The molecule has 1 unspecified atom stereocenters. The van der Waals surface area contributed by atoms with Gasteiger partial charge in [0.2, 0.25) is 0 Å². The Morgan fingerprint density at radius 2 is 2.25 bits per heavy atom. The topological polar surface area (TPSA) is 50.9 Å². The molecule has 0 radical (unpaired) electrons. The molecule has 0 saturated carbocycles. The van der Waals surface area contributed by atoms with Crippen molar-refractivity contribution >= 4 is 11.3 Å². The van der Waals surface area contributed by atoms with Gasteiger partial charge in [0.05, 0.1) is 5.01 Å². The molecule has 16 heavy (non-hydrogen) atoms. The zero-order valence-corrected chi connectivity index (χ0v) is 11.3. The van der Waals surface area contributed by atoms with E-state index in [2.05, 4.69) is 24.1 Å². The fourth-order valence-electron chi connectivity index (χ4n) is 1.82. The number of nitrogens with zero attached hydrogens (tertiary/aromatic N) is 1. The molecule has 0 aliphatic rings. The van der Waals surface area contributed by atoms with E-state index in [-0.39, 0.29) is 0 Å². The predicted octanol–water partition coefficient (Wildman–Crippen LogP) is 2.16. The molecule has 3 nitrogen and oxygen atoms in total. The number of aryl methyl sites for hydroxylation is 1. The van der Waals surface area contributed by atoms with E-state index in [0.717, 1.165) is 30.6 Å². The van der Waals surface area contributed by atoms with E-state index in [4.69, 9.17) is 5.73 Å². The maximum atomic E-state index is 5.75. The van der Waals surface area contributed by atoms with Crippen LogP contribution in [0.3, 0.4) is 0 Å². The van der Waals surface area contributed by atoms with Gasteiger partial charge < -0.3 is 11.1 Å². The predicted molar refractivity (Wildman–Crippen MR) is 70.6 cm³/mol. The molecule has 4 heteroatoms. The molecule has 0 amide bonds. The van der Waals surface area contributed by atoms with Crippen molar-refractivity contribution in [2.75, 3.05) is 13.1 Å². The molecule has 0 saturated heterocycles. The van der Waals surface area contributed by atoms with Crippen molar-refractivity contribution in [3.63, 3.8) is 0 Å². The first-order valence-corrected chi connectivity index (χ1v) is 6.75. The lowest BCUT2D eigenvalue weighted by atomic mass is 9.97. The molecule has 3 N–H and O–H groups in total. The summed E-state index contributed by atoms with van der Waals surface area (Å²) in [6.45, 7) is 9.22. The number of nitrogens with two attached hydrogens (primary N) is 1. The van der Waals surface area contributed by atoms with Crippen LogP contribution >= 0.6 is 11.3 Å². The standard InChI is InChI=1S/C12H23N3S/c1-9(2)4-11(5-13)6-14-7-12-8-15-10(3)16-12/h8-9,11,14H,4-7,13H2,1-3H3. The number of nitrogens with one attached hydrogen (secondary N) is 1. The Labute approximate surface area is 102 Å². The van der Waals surface area contributed by atoms with Crippen LogP contribution in [0.5, 0.6) is 0 Å². The third-order valence-corrected chi connectivity index (χ3v) is 3.45. The molecular formula is C12H23N3S. The number of thiazole rings is 1. The molecule has 1 aromatic heterocycles. The van der Waals surface area contributed by atoms with Crippen molar-refractivity contribution in [2.45, 2.75) is 33.7 Å². The summed E-state index contributed by atoms with van der Waals surface area (Å²) in [5, 5.41) is 4.60. The third kappa shape index (κ3) is 5.05. The minimum atomic E-state index is 0.592. The quantitative estimate of drug-likeness (QED) is 0.769. The van der Waals surface area contributed by atoms with Crippen LogP contribution in [0.4, 0.5) is 0 Å². The summed E-state index contributed by atoms with van der Waals surface area (Å²) in [5.74, 6) is 1.31. The lowest BCUT2D eigenvalue weighted by Crippen LogP contribution is -2.28. The molecule has 0 aromatic carbocycles. The van der Waals surface area contributed by atoms with Gasteiger partial charge in [-0.2, -0.15) is 0 Å². The second-order valence-electron chi connectivity index (χ2n) is 4.71. The number of hydrogen-bond acceptors (Lipinski definition) is 4. The first-order valence-electron chi connectivity index (χ1n) is 5.94. The molecule has 0 bridgehead atoms. The van der Waals surface area contributed by atoms with Crippen molar-refractivity contribution in [2.24, 2.45) is 17.6 Å². The molecular weight excluding hydrogens is 218 g/mol. The Morgan fingerprint density at radius 3 is 2.75 bits per heavy atom. The van der Waals surface area contributed by atoms with Crippen LogP contribution in [0.15, 0.2) is 6.20 Å². The molecule has 0 aliphatic carbocycles. The van der Waals surface area contributed by atoms with Gasteiger partial charge in [0, 0.05) is 17.6 Å². The Balaban J connectivity index is 2.23. The summed E-state index contributed by atoms with van der Waals surface area (Å²) in [6.07, 6.45) is 3.15. The van der Waals surface area contributed by atoms with Crippen molar-refractivity contribution in [3.05, 3.63) is 16.1 Å². The summed E-state index contributed by atoms with van der Waals surface area (Å²) in [6, 6.07) is 0. The molecule has 0 fully saturated rings. The van der Waals surface area contributed by atoms with Crippen LogP contribution in [-0.2, 0) is 6.54 Å². The van der Waals surface area contributed by atoms with E-state index < -0.39 is 0 Å². The smallest absolute Gasteiger partial charge is 0.0897 e. The highest BCUT2D eigenvalue weighted by molar-refractivity contribution is 7.11. The summed E-state index contributed by atoms with van der Waals surface area (Å²) in [4.78, 5) is 5.54. The maximum Gasteiger partial charge on any atom is 0.0897 e. The second kappa shape index (κ2) is 6.99. The van der Waals surface area contributed by atoms with Gasteiger partial charge in [-0.1, -0.05) is 13.8 Å². The normalized spacial score (nSPS) is 13.3. The van der Waals surface area contributed by atoms with Crippen LogP contribution in [0, 0.1) is 18.8 Å². The van der Waals surface area contributed by atoms with Gasteiger partial charge >= 0.3 is 0 Å². The van der Waals surface area contributed by atoms with Gasteiger partial charge in [0.15, 0.2) is 0 Å². The Morgan fingerprint density at radius 1 is 1.50 bits per heavy atom. The van der Waals surface area contributed by atoms with Gasteiger partial charge in [-0.3, -0.25) is 0 Å². The fraction of sp³-hybridized carbons (Fsp3) is 0.750. The van der Waals surface area contributed by atoms with Gasteiger partial charge in [0.25, 0.3) is 0 Å². The van der Waals surface area contributed by atoms with Crippen LogP contribution < -0.4 is 11.1 Å². The third-order valence-electron chi connectivity index (χ3n) is 2.54. The van der Waals surface area contributed by atoms with E-state index in [0.29, 0.717) is 5.92 Å². The summed E-state index contributed by atoms with van der Waals surface area (Å²) >= 11 is 1.76. The number of rotatable bonds is 7. The zero-order valence-electron chi connectivity index (χ0n) is 10.5. The first-order chi connectivity index (χ1) is 7.61. The minimum absolute atomic E-state index is 0.592. The SMILES string of the molecule is Cc1ncc(CNCC(CN)CC(C)C)s1. The molecule has 1 rings (SSSR count). The van der Waals surface area contributed by atoms with Crippen molar-refractivity contribution < 1.29 is 0 Å². The molecule has 0 aliphatic heterocycles. The lowest BCUT2D eigenvalue weighted by molar-refractivity contribution is 0.394. The zero-order chi connectivity index (χ0) is 12.0. The highest BCUT2D eigenvalue weighted by Crippen LogP contribution is 2.12. The van der Waals surface area contributed by atoms with E-state index in [1.54, 1.807) is 11.3 Å². The Kier molecular flexibility index (Phi) is 5.95. The molecule has 1 heterocycles. The largest absolute Gasteiger partial charge is 0.330 e. The number of hydrogen-bond donors (Lipinski definition) is 2. The second-order valence-corrected chi connectivity index (χ2v) is 6.03. The molecule has 0 spiro atoms. The van der Waals surface area contributed by atoms with E-state index in [1.807, 2.05) is 13.1 Å². The van der Waals surface area contributed by atoms with Crippen molar-refractivity contribution in [3.8, 4) is 0 Å². The van der Waals surface area contributed by atoms with Crippen LogP contribution in [0.1, 0.15) is 30.2 Å². The van der Waals surface area contributed by atoms with Crippen molar-refractivity contribution in [1.29, 1.82) is 0 Å². The first kappa shape index (κ1) is 13.6. The average molecular weight is 241 g/mol. The van der Waals surface area contributed by atoms with E-state index in [1.165, 1.54) is 11.3 Å². The van der Waals surface area contributed by atoms with E-state index >= 15 is 0 Å². The maximum absolute atomic E-state index is 5.75. The van der Waals surface area contributed by atoms with E-state index in [9.17, 15) is 0 Å². The summed E-state index contributed by atoms with van der Waals surface area (Å²) in [7, 11) is 0. The monoisotopic (exact) mass is 241 g/mol. The Hall–Kier alpha value is -0.450. The average Bonchev–Trinajstić information content (AvgIpc) is 2.62. The minimum Gasteiger partial charge on any atom is -0.330 e. The van der Waals surface area contributed by atoms with Crippen LogP contribution in [-0.4, -0.2) is 18.1 Å². The highest BCUT2D eigenvalue weighted by atomic mass is 32.1. The van der Waals surface area contributed by atoms with Crippen molar-refractivity contribution in [1.82, 2.24) is 10.3 Å². The van der Waals surface area contributed by atoms with Gasteiger partial charge in [-0.15, -0.1) is 11.3 Å². The fourth-order valence-corrected chi connectivity index (χ4v) is 2.58. The van der Waals surface area contributed by atoms with Gasteiger partial charge in [-0.25, -0.2) is 4.98 Å².